The molecule has 1 aliphatic heterocycles. The Hall–Kier alpha value is -1.64. The van der Waals surface area contributed by atoms with Crippen LogP contribution in [-0.4, -0.2) is 22.8 Å². The molecule has 1 rings (SSSR count). The molecule has 0 radical (unpaired) electrons. The zero-order valence-electron chi connectivity index (χ0n) is 18.3. The second-order valence-corrected chi connectivity index (χ2v) is 7.51. The van der Waals surface area contributed by atoms with Crippen molar-refractivity contribution in [1.82, 2.24) is 0 Å². The van der Waals surface area contributed by atoms with E-state index in [1.165, 1.54) is 89.9 Å². The molecule has 0 atom stereocenters. The molecule has 0 aromatic heterocycles. The van der Waals surface area contributed by atoms with Crippen molar-refractivity contribution in [2.75, 3.05) is 6.61 Å². The molecule has 172 valence electrons. The Morgan fingerprint density at radius 1 is 0.724 bits per heavy atom. The molecule has 9 nitrogen and oxygen atoms in total. The van der Waals surface area contributed by atoms with Crippen molar-refractivity contribution in [1.29, 1.82) is 0 Å². The van der Waals surface area contributed by atoms with E-state index in [1.807, 2.05) is 0 Å². The van der Waals surface area contributed by atoms with Crippen LogP contribution in [0.25, 0.3) is 0 Å². The Kier molecular flexibility index (Phi) is 17.4. The van der Waals surface area contributed by atoms with Crippen LogP contribution in [0.2, 0.25) is 0 Å². The van der Waals surface area contributed by atoms with Gasteiger partial charge in [-0.3, -0.25) is 0 Å². The predicted molar refractivity (Wildman–Crippen MR) is 110 cm³/mol. The lowest BCUT2D eigenvalue weighted by Gasteiger charge is -2.21. The largest absolute Gasteiger partial charge is 0.366 e. The van der Waals surface area contributed by atoms with Crippen LogP contribution < -0.4 is 0 Å². The Labute approximate surface area is 174 Å². The van der Waals surface area contributed by atoms with Gasteiger partial charge in [0.2, 0.25) is 0 Å². The number of nitrogens with zero attached hydrogens (tertiary/aromatic N) is 2. The summed E-state index contributed by atoms with van der Waals surface area (Å²) in [7, 11) is 0. The van der Waals surface area contributed by atoms with Gasteiger partial charge >= 0.3 is 5.97 Å². The summed E-state index contributed by atoms with van der Waals surface area (Å²) in [5, 5.41) is 17.5. The number of ether oxygens (including phenoxy) is 1. The second-order valence-electron chi connectivity index (χ2n) is 7.51. The van der Waals surface area contributed by atoms with Gasteiger partial charge in [0.05, 0.1) is 6.61 Å². The fourth-order valence-corrected chi connectivity index (χ4v) is 3.24. The molecule has 29 heavy (non-hydrogen) atoms. The second kappa shape index (κ2) is 18.4. The van der Waals surface area contributed by atoms with Crippen LogP contribution >= 0.6 is 0 Å². The van der Waals surface area contributed by atoms with Gasteiger partial charge in [-0.05, 0) is 6.42 Å². The fourth-order valence-electron chi connectivity index (χ4n) is 3.24. The first-order valence-electron chi connectivity index (χ1n) is 11.3. The van der Waals surface area contributed by atoms with Crippen LogP contribution in [0.1, 0.15) is 117 Å². The van der Waals surface area contributed by atoms with Crippen molar-refractivity contribution >= 4 is 0 Å². The zero-order valence-corrected chi connectivity index (χ0v) is 18.3. The van der Waals surface area contributed by atoms with Crippen LogP contribution in [0.5, 0.6) is 0 Å². The first-order valence-corrected chi connectivity index (χ1v) is 11.3. The van der Waals surface area contributed by atoms with Crippen molar-refractivity contribution < 1.29 is 24.6 Å². The molecule has 1 saturated heterocycles. The molecule has 1 aliphatic rings. The number of hydrogen-bond acceptors (Lipinski definition) is 7. The molecule has 0 aromatic rings. The van der Waals surface area contributed by atoms with E-state index in [4.69, 9.17) is 0 Å². The van der Waals surface area contributed by atoms with E-state index in [2.05, 4.69) is 28.3 Å². The van der Waals surface area contributed by atoms with Gasteiger partial charge in [-0.15, -0.1) is 20.2 Å². The van der Waals surface area contributed by atoms with Crippen LogP contribution in [0.3, 0.4) is 0 Å². The summed E-state index contributed by atoms with van der Waals surface area (Å²) in [6.07, 6.45) is 20.8. The standard InChI is InChI=1S/C16H34.C4H6N2O7/c1-3-5-7-9-11-13-15-16-14-12-10-8-6-4-2;7-5(8)12-4(13-6(9)10)2-1-3-11-4/h3-16H2,1-2H3;1-3H2. The molecule has 0 bridgehead atoms. The first-order chi connectivity index (χ1) is 14.0. The van der Waals surface area contributed by atoms with Crippen LogP contribution in [-0.2, 0) is 14.4 Å². The van der Waals surface area contributed by atoms with Crippen molar-refractivity contribution in [3.8, 4) is 0 Å². The van der Waals surface area contributed by atoms with Gasteiger partial charge in [0.25, 0.3) is 10.2 Å². The van der Waals surface area contributed by atoms with E-state index in [9.17, 15) is 20.2 Å². The third-order valence-electron chi connectivity index (χ3n) is 4.83. The highest BCUT2D eigenvalue weighted by atomic mass is 17.1. The highest BCUT2D eigenvalue weighted by Gasteiger charge is 2.43. The van der Waals surface area contributed by atoms with E-state index in [0.29, 0.717) is 6.42 Å². The van der Waals surface area contributed by atoms with Crippen molar-refractivity contribution in [3.05, 3.63) is 20.2 Å². The van der Waals surface area contributed by atoms with Crippen molar-refractivity contribution in [2.24, 2.45) is 0 Å². The van der Waals surface area contributed by atoms with Crippen LogP contribution in [0.4, 0.5) is 0 Å². The summed E-state index contributed by atoms with van der Waals surface area (Å²) in [5.41, 5.74) is 0. The van der Waals surface area contributed by atoms with Crippen LogP contribution in [0, 0.1) is 20.2 Å². The molecule has 0 aliphatic carbocycles. The van der Waals surface area contributed by atoms with Crippen molar-refractivity contribution in [3.63, 3.8) is 0 Å². The fraction of sp³-hybridized carbons (Fsp3) is 1.00. The van der Waals surface area contributed by atoms with Gasteiger partial charge in [-0.1, -0.05) is 104 Å². The molecule has 0 spiro atoms. The maximum absolute atomic E-state index is 9.94. The maximum atomic E-state index is 9.94. The zero-order chi connectivity index (χ0) is 21.8. The predicted octanol–water partition coefficient (Wildman–Crippen LogP) is 6.35. The first kappa shape index (κ1) is 27.4. The highest BCUT2D eigenvalue weighted by molar-refractivity contribution is 4.61. The summed E-state index contributed by atoms with van der Waals surface area (Å²) in [5.74, 6) is -2.16. The third-order valence-corrected chi connectivity index (χ3v) is 4.83. The SMILES string of the molecule is CCCCCCCCCCCCCCCC.O=[N+]([O-])OC1(O[N+](=O)[O-])CCCO1. The Bertz CT molecular complexity index is 384. The molecule has 0 unspecified atom stereocenters. The van der Waals surface area contributed by atoms with Crippen LogP contribution in [0.15, 0.2) is 0 Å². The van der Waals surface area contributed by atoms with Gasteiger partial charge in [0, 0.05) is 6.42 Å². The Morgan fingerprint density at radius 2 is 1.07 bits per heavy atom. The quantitative estimate of drug-likeness (QED) is 0.116. The van der Waals surface area contributed by atoms with E-state index in [0.717, 1.165) is 0 Å². The molecule has 0 aromatic carbocycles. The number of hydrogen-bond donors (Lipinski definition) is 0. The van der Waals surface area contributed by atoms with Crippen molar-refractivity contribution in [2.45, 2.75) is 123 Å². The minimum absolute atomic E-state index is 0.0467. The van der Waals surface area contributed by atoms with Gasteiger partial charge in [-0.2, -0.15) is 0 Å². The molecule has 1 fully saturated rings. The molecule has 9 heteroatoms. The topological polar surface area (TPSA) is 114 Å². The van der Waals surface area contributed by atoms with Gasteiger partial charge in [-0.25, -0.2) is 9.68 Å². The molecule has 0 saturated carbocycles. The average molecular weight is 421 g/mol. The Morgan fingerprint density at radius 3 is 1.31 bits per heavy atom. The molecule has 0 N–H and O–H groups in total. The molecule has 0 amide bonds. The Balaban J connectivity index is 0.000000551. The van der Waals surface area contributed by atoms with Gasteiger partial charge in [0.15, 0.2) is 0 Å². The lowest BCUT2D eigenvalue weighted by atomic mass is 10.0. The average Bonchev–Trinajstić information content (AvgIpc) is 3.09. The molecular weight excluding hydrogens is 380 g/mol. The normalized spacial score (nSPS) is 14.7. The highest BCUT2D eigenvalue weighted by Crippen LogP contribution is 2.28. The molecule has 1 heterocycles. The smallest absolute Gasteiger partial charge is 0.330 e. The number of rotatable bonds is 17. The van der Waals surface area contributed by atoms with E-state index < -0.39 is 16.1 Å². The summed E-state index contributed by atoms with van der Waals surface area (Å²) < 4.78 is 4.63. The maximum Gasteiger partial charge on any atom is 0.366 e. The van der Waals surface area contributed by atoms with E-state index >= 15 is 0 Å². The minimum atomic E-state index is -2.16. The lowest BCUT2D eigenvalue weighted by molar-refractivity contribution is -0.892. The number of unbranched alkanes of at least 4 members (excludes halogenated alkanes) is 13. The third kappa shape index (κ3) is 17.0. The van der Waals surface area contributed by atoms with E-state index in [1.54, 1.807) is 0 Å². The summed E-state index contributed by atoms with van der Waals surface area (Å²) in [6.45, 7) is 4.71. The lowest BCUT2D eigenvalue weighted by Crippen LogP contribution is -2.39. The minimum Gasteiger partial charge on any atom is -0.330 e. The summed E-state index contributed by atoms with van der Waals surface area (Å²) in [6, 6.07) is 0. The monoisotopic (exact) mass is 420 g/mol. The van der Waals surface area contributed by atoms with Gasteiger partial charge in [0.1, 0.15) is 0 Å². The van der Waals surface area contributed by atoms with E-state index in [-0.39, 0.29) is 13.0 Å². The summed E-state index contributed by atoms with van der Waals surface area (Å²) in [4.78, 5) is 27.8. The molecular formula is C20H40N2O7. The summed E-state index contributed by atoms with van der Waals surface area (Å²) >= 11 is 0. The van der Waals surface area contributed by atoms with Gasteiger partial charge < -0.3 is 4.74 Å².